The lowest BCUT2D eigenvalue weighted by molar-refractivity contribution is 0.103. The Bertz CT molecular complexity index is 1090. The highest BCUT2D eigenvalue weighted by Crippen LogP contribution is 2.28. The SMILES string of the molecule is Cc1cc(Cl)ccc1Oc1ccc(NC(=O)c2cc3ccccc3s2)cn1. The fourth-order valence-electron chi connectivity index (χ4n) is 2.64. The largest absolute Gasteiger partial charge is 0.439 e. The molecule has 0 radical (unpaired) electrons. The van der Waals surface area contributed by atoms with Gasteiger partial charge in [0.25, 0.3) is 5.91 Å². The summed E-state index contributed by atoms with van der Waals surface area (Å²) in [5.41, 5.74) is 1.53. The predicted octanol–water partition coefficient (Wildman–Crippen LogP) is 6.30. The molecule has 0 unspecified atom stereocenters. The molecular formula is C21H15ClN2O2S. The van der Waals surface area contributed by atoms with Gasteiger partial charge in [-0.1, -0.05) is 29.8 Å². The van der Waals surface area contributed by atoms with Crippen LogP contribution in [0.3, 0.4) is 0 Å². The van der Waals surface area contributed by atoms with Crippen molar-refractivity contribution in [1.82, 2.24) is 4.98 Å². The zero-order valence-electron chi connectivity index (χ0n) is 14.4. The average Bonchev–Trinajstić information content (AvgIpc) is 3.10. The summed E-state index contributed by atoms with van der Waals surface area (Å²) in [6.07, 6.45) is 1.58. The number of carbonyl (C=O) groups is 1. The number of amides is 1. The maximum absolute atomic E-state index is 12.5. The Morgan fingerprint density at radius 2 is 1.96 bits per heavy atom. The number of halogens is 1. The zero-order chi connectivity index (χ0) is 18.8. The first-order chi connectivity index (χ1) is 13.1. The summed E-state index contributed by atoms with van der Waals surface area (Å²) in [4.78, 5) is 17.4. The highest BCUT2D eigenvalue weighted by atomic mass is 35.5. The molecule has 0 aliphatic rings. The highest BCUT2D eigenvalue weighted by Gasteiger charge is 2.11. The van der Waals surface area contributed by atoms with E-state index in [-0.39, 0.29) is 5.91 Å². The van der Waals surface area contributed by atoms with Gasteiger partial charge in [0.1, 0.15) is 5.75 Å². The summed E-state index contributed by atoms with van der Waals surface area (Å²) in [6.45, 7) is 1.92. The van der Waals surface area contributed by atoms with Crippen LogP contribution in [-0.2, 0) is 0 Å². The number of thiophene rings is 1. The van der Waals surface area contributed by atoms with Crippen LogP contribution in [0, 0.1) is 6.92 Å². The van der Waals surface area contributed by atoms with Crippen molar-refractivity contribution in [3.63, 3.8) is 0 Å². The minimum absolute atomic E-state index is 0.153. The molecule has 0 atom stereocenters. The molecule has 2 aromatic carbocycles. The molecule has 0 bridgehead atoms. The number of anilines is 1. The topological polar surface area (TPSA) is 51.2 Å². The molecule has 134 valence electrons. The lowest BCUT2D eigenvalue weighted by Crippen LogP contribution is -2.10. The second-order valence-corrected chi connectivity index (χ2v) is 7.52. The van der Waals surface area contributed by atoms with E-state index in [2.05, 4.69) is 10.3 Å². The molecule has 0 aliphatic heterocycles. The van der Waals surface area contributed by atoms with Crippen LogP contribution in [0.1, 0.15) is 15.2 Å². The molecule has 4 aromatic rings. The van der Waals surface area contributed by atoms with Crippen LogP contribution >= 0.6 is 22.9 Å². The highest BCUT2D eigenvalue weighted by molar-refractivity contribution is 7.20. The van der Waals surface area contributed by atoms with Gasteiger partial charge >= 0.3 is 0 Å². The van der Waals surface area contributed by atoms with Gasteiger partial charge in [-0.3, -0.25) is 4.79 Å². The van der Waals surface area contributed by atoms with Crippen molar-refractivity contribution in [3.05, 3.63) is 82.3 Å². The van der Waals surface area contributed by atoms with E-state index in [4.69, 9.17) is 16.3 Å². The number of carbonyl (C=O) groups excluding carboxylic acids is 1. The molecule has 1 amide bonds. The third-order valence-electron chi connectivity index (χ3n) is 4.00. The molecule has 0 fully saturated rings. The fourth-order valence-corrected chi connectivity index (χ4v) is 3.83. The van der Waals surface area contributed by atoms with Crippen LogP contribution in [0.4, 0.5) is 5.69 Å². The third-order valence-corrected chi connectivity index (χ3v) is 5.34. The van der Waals surface area contributed by atoms with E-state index in [9.17, 15) is 4.79 Å². The number of fused-ring (bicyclic) bond motifs is 1. The number of hydrogen-bond acceptors (Lipinski definition) is 4. The minimum Gasteiger partial charge on any atom is -0.439 e. The molecule has 4 rings (SSSR count). The Labute approximate surface area is 165 Å². The summed E-state index contributed by atoms with van der Waals surface area (Å²) in [7, 11) is 0. The molecule has 0 aliphatic carbocycles. The number of aryl methyl sites for hydroxylation is 1. The van der Waals surface area contributed by atoms with E-state index in [1.807, 2.05) is 43.3 Å². The molecule has 0 spiro atoms. The van der Waals surface area contributed by atoms with Crippen molar-refractivity contribution in [2.24, 2.45) is 0 Å². The monoisotopic (exact) mass is 394 g/mol. The van der Waals surface area contributed by atoms with Gasteiger partial charge in [-0.05, 0) is 54.3 Å². The number of hydrogen-bond donors (Lipinski definition) is 1. The fraction of sp³-hybridized carbons (Fsp3) is 0.0476. The Balaban J connectivity index is 1.46. The maximum atomic E-state index is 12.5. The number of aromatic nitrogens is 1. The van der Waals surface area contributed by atoms with E-state index in [1.54, 1.807) is 30.5 Å². The number of rotatable bonds is 4. The molecule has 2 aromatic heterocycles. The first kappa shape index (κ1) is 17.5. The van der Waals surface area contributed by atoms with Gasteiger partial charge in [0.05, 0.1) is 16.8 Å². The van der Waals surface area contributed by atoms with E-state index < -0.39 is 0 Å². The normalized spacial score (nSPS) is 10.7. The summed E-state index contributed by atoms with van der Waals surface area (Å²) < 4.78 is 6.85. The van der Waals surface area contributed by atoms with Gasteiger partial charge in [0.15, 0.2) is 0 Å². The number of ether oxygens (including phenoxy) is 1. The number of pyridine rings is 1. The number of nitrogens with one attached hydrogen (secondary N) is 1. The van der Waals surface area contributed by atoms with Gasteiger partial charge in [0, 0.05) is 15.8 Å². The number of nitrogens with zero attached hydrogens (tertiary/aromatic N) is 1. The van der Waals surface area contributed by atoms with E-state index in [1.165, 1.54) is 11.3 Å². The average molecular weight is 395 g/mol. The quantitative estimate of drug-likeness (QED) is 0.441. The van der Waals surface area contributed by atoms with Gasteiger partial charge in [-0.2, -0.15) is 0 Å². The van der Waals surface area contributed by atoms with E-state index >= 15 is 0 Å². The van der Waals surface area contributed by atoms with Crippen LogP contribution in [0.2, 0.25) is 5.02 Å². The molecular weight excluding hydrogens is 380 g/mol. The Hall–Kier alpha value is -2.89. The Morgan fingerprint density at radius 3 is 2.70 bits per heavy atom. The van der Waals surface area contributed by atoms with Gasteiger partial charge < -0.3 is 10.1 Å². The zero-order valence-corrected chi connectivity index (χ0v) is 16.0. The second kappa shape index (κ2) is 7.39. The molecule has 1 N–H and O–H groups in total. The standard InChI is InChI=1S/C21H15ClN2O2S/c1-13-10-15(22)6-8-17(13)26-20-9-7-16(12-23-20)24-21(25)19-11-14-4-2-3-5-18(14)27-19/h2-12H,1H3,(H,24,25). The predicted molar refractivity (Wildman–Crippen MR) is 110 cm³/mol. The summed E-state index contributed by atoms with van der Waals surface area (Å²) in [5, 5.41) is 4.59. The molecule has 0 saturated carbocycles. The van der Waals surface area contributed by atoms with Crippen molar-refractivity contribution < 1.29 is 9.53 Å². The smallest absolute Gasteiger partial charge is 0.265 e. The van der Waals surface area contributed by atoms with Crippen LogP contribution < -0.4 is 10.1 Å². The first-order valence-corrected chi connectivity index (χ1v) is 9.48. The maximum Gasteiger partial charge on any atom is 0.265 e. The molecule has 0 saturated heterocycles. The summed E-state index contributed by atoms with van der Waals surface area (Å²) >= 11 is 7.42. The van der Waals surface area contributed by atoms with Gasteiger partial charge in [-0.25, -0.2) is 4.98 Å². The van der Waals surface area contributed by atoms with Crippen molar-refractivity contribution in [2.45, 2.75) is 6.92 Å². The lowest BCUT2D eigenvalue weighted by atomic mass is 10.2. The van der Waals surface area contributed by atoms with Crippen LogP contribution in [0.15, 0.2) is 66.9 Å². The van der Waals surface area contributed by atoms with Gasteiger partial charge in [0.2, 0.25) is 5.88 Å². The number of benzene rings is 2. The molecule has 27 heavy (non-hydrogen) atoms. The van der Waals surface area contributed by atoms with Gasteiger partial charge in [-0.15, -0.1) is 11.3 Å². The summed E-state index contributed by atoms with van der Waals surface area (Å²) in [5.74, 6) is 0.981. The van der Waals surface area contributed by atoms with E-state index in [0.717, 1.165) is 15.6 Å². The van der Waals surface area contributed by atoms with Crippen LogP contribution in [0.5, 0.6) is 11.6 Å². The molecule has 2 heterocycles. The Morgan fingerprint density at radius 1 is 1.11 bits per heavy atom. The Kier molecular flexibility index (Phi) is 4.79. The van der Waals surface area contributed by atoms with Crippen molar-refractivity contribution in [2.75, 3.05) is 5.32 Å². The van der Waals surface area contributed by atoms with Crippen molar-refractivity contribution in [3.8, 4) is 11.6 Å². The van der Waals surface area contributed by atoms with Crippen molar-refractivity contribution in [1.29, 1.82) is 0 Å². The third kappa shape index (κ3) is 3.94. The first-order valence-electron chi connectivity index (χ1n) is 8.28. The van der Waals surface area contributed by atoms with Crippen LogP contribution in [-0.4, -0.2) is 10.9 Å². The van der Waals surface area contributed by atoms with E-state index in [0.29, 0.717) is 27.2 Å². The lowest BCUT2D eigenvalue weighted by Gasteiger charge is -2.09. The second-order valence-electron chi connectivity index (χ2n) is 6.00. The summed E-state index contributed by atoms with van der Waals surface area (Å²) in [6, 6.07) is 18.7. The molecule has 6 heteroatoms. The minimum atomic E-state index is -0.153. The van der Waals surface area contributed by atoms with Crippen molar-refractivity contribution >= 4 is 44.6 Å². The molecule has 4 nitrogen and oxygen atoms in total. The van der Waals surface area contributed by atoms with Crippen LogP contribution in [0.25, 0.3) is 10.1 Å².